The fourth-order valence-electron chi connectivity index (χ4n) is 4.55. The van der Waals surface area contributed by atoms with Gasteiger partial charge in [0, 0.05) is 37.6 Å². The zero-order chi connectivity index (χ0) is 26.3. The molecule has 4 aromatic rings. The average Bonchev–Trinajstić information content (AvgIpc) is 3.27. The van der Waals surface area contributed by atoms with Gasteiger partial charge < -0.3 is 20.5 Å². The highest BCUT2D eigenvalue weighted by Crippen LogP contribution is 2.24. The van der Waals surface area contributed by atoms with E-state index in [2.05, 4.69) is 35.9 Å². The molecule has 1 aliphatic rings. The summed E-state index contributed by atoms with van der Waals surface area (Å²) in [7, 11) is 0. The summed E-state index contributed by atoms with van der Waals surface area (Å²) in [5.74, 6) is 1.73. The van der Waals surface area contributed by atoms with E-state index in [0.29, 0.717) is 24.1 Å². The second kappa shape index (κ2) is 12.1. The fourth-order valence-corrected chi connectivity index (χ4v) is 5.18. The molecule has 3 heterocycles. The first kappa shape index (κ1) is 25.8. The number of amides is 2. The molecule has 0 bridgehead atoms. The van der Waals surface area contributed by atoms with Gasteiger partial charge in [-0.25, -0.2) is 19.2 Å². The summed E-state index contributed by atoms with van der Waals surface area (Å²) in [6, 6.07) is 18.1. The van der Waals surface area contributed by atoms with Gasteiger partial charge in [-0.1, -0.05) is 24.3 Å². The second-order valence-corrected chi connectivity index (χ2v) is 10.1. The topological polar surface area (TPSA) is 113 Å². The summed E-state index contributed by atoms with van der Waals surface area (Å²) in [5.41, 5.74) is 9.25. The number of hydrogen-bond acceptors (Lipinski definition) is 7. The van der Waals surface area contributed by atoms with Crippen molar-refractivity contribution in [3.05, 3.63) is 78.2 Å². The summed E-state index contributed by atoms with van der Waals surface area (Å²) >= 11 is 1.36. The number of para-hydroxylation sites is 2. The average molecular weight is 535 g/mol. The molecule has 0 atom stereocenters. The van der Waals surface area contributed by atoms with Gasteiger partial charge in [0.05, 0.1) is 23.3 Å². The summed E-state index contributed by atoms with van der Waals surface area (Å²) in [6.07, 6.45) is 3.58. The number of fused-ring (bicyclic) bond motifs is 1. The van der Waals surface area contributed by atoms with E-state index in [4.69, 9.17) is 10.7 Å². The molecule has 5 N–H and O–H groups in total. The minimum atomic E-state index is -0.341. The minimum absolute atomic E-state index is 0.235. The van der Waals surface area contributed by atoms with E-state index in [1.165, 1.54) is 24.1 Å². The number of piperidine rings is 1. The van der Waals surface area contributed by atoms with Crippen LogP contribution < -0.4 is 21.1 Å². The van der Waals surface area contributed by atoms with E-state index < -0.39 is 0 Å². The molecule has 11 heteroatoms. The van der Waals surface area contributed by atoms with Crippen molar-refractivity contribution in [3.63, 3.8) is 0 Å². The van der Waals surface area contributed by atoms with Crippen molar-refractivity contribution in [1.29, 1.82) is 0 Å². The van der Waals surface area contributed by atoms with E-state index in [-0.39, 0.29) is 11.8 Å². The lowest BCUT2D eigenvalue weighted by atomic mass is 10.1. The molecule has 2 amide bonds. The maximum absolute atomic E-state index is 13.4. The maximum atomic E-state index is 13.4. The van der Waals surface area contributed by atoms with Crippen LogP contribution in [0.4, 0.5) is 26.6 Å². The van der Waals surface area contributed by atoms with Gasteiger partial charge >= 0.3 is 6.03 Å². The third-order valence-corrected chi connectivity index (χ3v) is 7.29. The molecule has 9 nitrogen and oxygen atoms in total. The molecule has 0 radical (unpaired) electrons. The van der Waals surface area contributed by atoms with Crippen LogP contribution in [0.15, 0.2) is 66.9 Å². The number of urea groups is 1. The van der Waals surface area contributed by atoms with Crippen LogP contribution in [0.25, 0.3) is 11.0 Å². The number of carbonyl (C=O) groups is 1. The molecule has 1 saturated heterocycles. The fraction of sp³-hybridized carbons (Fsp3) is 0.296. The van der Waals surface area contributed by atoms with Crippen molar-refractivity contribution < 1.29 is 9.18 Å². The van der Waals surface area contributed by atoms with Gasteiger partial charge in [0.1, 0.15) is 5.82 Å². The Morgan fingerprint density at radius 2 is 1.87 bits per heavy atom. The lowest BCUT2D eigenvalue weighted by Gasteiger charge is -2.32. The van der Waals surface area contributed by atoms with Gasteiger partial charge in [-0.05, 0) is 66.8 Å². The van der Waals surface area contributed by atoms with Crippen LogP contribution in [0, 0.1) is 5.82 Å². The number of nitrogens with one attached hydrogen (secondary N) is 3. The summed E-state index contributed by atoms with van der Waals surface area (Å²) in [5, 5.41) is 6.32. The molecule has 0 unspecified atom stereocenters. The Morgan fingerprint density at radius 1 is 1.08 bits per heavy atom. The van der Waals surface area contributed by atoms with Crippen molar-refractivity contribution in [2.24, 2.45) is 0 Å². The number of halogens is 1. The van der Waals surface area contributed by atoms with Crippen LogP contribution in [0.5, 0.6) is 0 Å². The number of benzene rings is 2. The molecule has 38 heavy (non-hydrogen) atoms. The predicted molar refractivity (Wildman–Crippen MR) is 152 cm³/mol. The molecule has 5 rings (SSSR count). The van der Waals surface area contributed by atoms with E-state index in [0.717, 1.165) is 60.8 Å². The molecule has 0 aliphatic carbocycles. The van der Waals surface area contributed by atoms with E-state index in [1.807, 2.05) is 30.3 Å². The Balaban J connectivity index is 1.09. The molecule has 1 aliphatic heterocycles. The summed E-state index contributed by atoms with van der Waals surface area (Å²) < 4.78 is 18.4. The van der Waals surface area contributed by atoms with Crippen molar-refractivity contribution in [1.82, 2.24) is 24.2 Å². The number of nitrogens with two attached hydrogens (primary N) is 1. The standard InChI is InChI=1S/C27H31FN8OS/c28-20-9-7-19(8-10-20)18-36-24-6-2-1-5-23(24)32-26(36)31-21-11-14-35(15-12-21)16-17-38-34-27(37)33-25-22(29)4-3-13-30-25/h1-10,13,21H,11-12,14-18,29H2,(H,31,32)(H2,30,33,34,37). The number of likely N-dealkylation sites (tertiary alicyclic amines) is 1. The zero-order valence-electron chi connectivity index (χ0n) is 20.9. The van der Waals surface area contributed by atoms with E-state index in [9.17, 15) is 9.18 Å². The van der Waals surface area contributed by atoms with E-state index in [1.54, 1.807) is 18.3 Å². The third kappa shape index (κ3) is 6.53. The van der Waals surface area contributed by atoms with Crippen molar-refractivity contribution in [3.8, 4) is 0 Å². The van der Waals surface area contributed by atoms with Gasteiger partial charge in [-0.2, -0.15) is 0 Å². The van der Waals surface area contributed by atoms with Crippen LogP contribution >= 0.6 is 11.9 Å². The van der Waals surface area contributed by atoms with Gasteiger partial charge in [-0.15, -0.1) is 0 Å². The van der Waals surface area contributed by atoms with Crippen LogP contribution in [0.2, 0.25) is 0 Å². The Labute approximate surface area is 225 Å². The summed E-state index contributed by atoms with van der Waals surface area (Å²) in [6.45, 7) is 3.43. The first-order chi connectivity index (χ1) is 18.5. The Hall–Kier alpha value is -3.83. The van der Waals surface area contributed by atoms with Gasteiger partial charge in [0.2, 0.25) is 5.95 Å². The monoisotopic (exact) mass is 534 g/mol. The number of nitrogen functional groups attached to an aromatic ring is 1. The van der Waals surface area contributed by atoms with Crippen LogP contribution in [0.3, 0.4) is 0 Å². The number of rotatable bonds is 9. The molecule has 2 aromatic carbocycles. The highest BCUT2D eigenvalue weighted by Gasteiger charge is 2.21. The highest BCUT2D eigenvalue weighted by molar-refractivity contribution is 7.97. The number of anilines is 3. The molecular weight excluding hydrogens is 503 g/mol. The lowest BCUT2D eigenvalue weighted by molar-refractivity contribution is 0.231. The second-order valence-electron chi connectivity index (χ2n) is 9.24. The smallest absolute Gasteiger partial charge is 0.330 e. The molecular formula is C27H31FN8OS. The Bertz CT molecular complexity index is 1370. The molecule has 0 spiro atoms. The number of aromatic nitrogens is 3. The number of carbonyl (C=O) groups excluding carboxylic acids is 1. The van der Waals surface area contributed by atoms with Crippen molar-refractivity contribution in [2.45, 2.75) is 25.4 Å². The first-order valence-electron chi connectivity index (χ1n) is 12.6. The van der Waals surface area contributed by atoms with E-state index >= 15 is 0 Å². The number of pyridine rings is 1. The molecule has 198 valence electrons. The normalized spacial score (nSPS) is 14.4. The van der Waals surface area contributed by atoms with Gasteiger partial charge in [0.25, 0.3) is 0 Å². The number of hydrogen-bond donors (Lipinski definition) is 4. The minimum Gasteiger partial charge on any atom is -0.396 e. The maximum Gasteiger partial charge on any atom is 0.330 e. The van der Waals surface area contributed by atoms with Gasteiger partial charge in [-0.3, -0.25) is 10.0 Å². The largest absolute Gasteiger partial charge is 0.396 e. The predicted octanol–water partition coefficient (Wildman–Crippen LogP) is 4.55. The third-order valence-electron chi connectivity index (χ3n) is 6.57. The molecule has 1 fully saturated rings. The van der Waals surface area contributed by atoms with Crippen molar-refractivity contribution >= 4 is 46.5 Å². The SMILES string of the molecule is Nc1cccnc1NC(=O)NSCCN1CCC(Nc2nc3ccccc3n2Cc2ccc(F)cc2)CC1. The first-order valence-corrected chi connectivity index (χ1v) is 13.6. The molecule has 0 saturated carbocycles. The quantitative estimate of drug-likeness (QED) is 0.184. The number of imidazole rings is 1. The Morgan fingerprint density at radius 3 is 2.66 bits per heavy atom. The van der Waals surface area contributed by atoms with Crippen LogP contribution in [-0.4, -0.2) is 56.9 Å². The van der Waals surface area contributed by atoms with Crippen molar-refractivity contribution in [2.75, 3.05) is 41.8 Å². The van der Waals surface area contributed by atoms with Crippen LogP contribution in [-0.2, 0) is 6.54 Å². The van der Waals surface area contributed by atoms with Crippen LogP contribution in [0.1, 0.15) is 18.4 Å². The van der Waals surface area contributed by atoms with Gasteiger partial charge in [0.15, 0.2) is 5.82 Å². The Kier molecular flexibility index (Phi) is 8.25. The zero-order valence-corrected chi connectivity index (χ0v) is 21.8. The lowest BCUT2D eigenvalue weighted by Crippen LogP contribution is -2.40. The molecule has 2 aromatic heterocycles. The summed E-state index contributed by atoms with van der Waals surface area (Å²) in [4.78, 5) is 23.4. The highest BCUT2D eigenvalue weighted by atomic mass is 32.2. The number of nitrogens with zero attached hydrogens (tertiary/aromatic N) is 4.